The van der Waals surface area contributed by atoms with E-state index in [9.17, 15) is 14.7 Å². The third kappa shape index (κ3) is 5.00. The first-order valence-corrected chi connectivity index (χ1v) is 10.9. The number of anilines is 1. The highest BCUT2D eigenvalue weighted by Crippen LogP contribution is 2.26. The highest BCUT2D eigenvalue weighted by molar-refractivity contribution is 5.97. The van der Waals surface area contributed by atoms with Gasteiger partial charge in [0, 0.05) is 37.3 Å². The minimum Gasteiger partial charge on any atom is -0.444 e. The molecule has 0 radical (unpaired) electrons. The zero-order chi connectivity index (χ0) is 24.5. The topological polar surface area (TPSA) is 105 Å². The van der Waals surface area contributed by atoms with E-state index < -0.39 is 17.3 Å². The van der Waals surface area contributed by atoms with Crippen molar-refractivity contribution in [2.24, 2.45) is 0 Å². The number of likely N-dealkylation sites (N-methyl/N-ethyl adjacent to an activating group) is 1. The Balaban J connectivity index is 1.64. The Hall–Kier alpha value is -3.96. The van der Waals surface area contributed by atoms with Crippen LogP contribution in [0.4, 0.5) is 10.5 Å². The quantitative estimate of drug-likeness (QED) is 0.569. The van der Waals surface area contributed by atoms with E-state index in [4.69, 9.17) is 9.72 Å². The number of likely N-dealkylation sites (tertiary alicyclic amines) is 1. The molecule has 1 atom stereocenters. The molecule has 1 aromatic carbocycles. The van der Waals surface area contributed by atoms with Crippen LogP contribution in [0, 0.1) is 11.8 Å². The molecule has 2 amide bonds. The summed E-state index contributed by atoms with van der Waals surface area (Å²) in [6.07, 6.45) is 1.30. The molecule has 2 aromatic heterocycles. The van der Waals surface area contributed by atoms with Crippen molar-refractivity contribution in [3.8, 4) is 23.1 Å². The average molecular weight is 459 g/mol. The van der Waals surface area contributed by atoms with Crippen molar-refractivity contribution in [3.05, 3.63) is 54.2 Å². The maximum absolute atomic E-state index is 12.3. The molecule has 1 aliphatic heterocycles. The minimum atomic E-state index is -1.65. The van der Waals surface area contributed by atoms with Crippen molar-refractivity contribution >= 4 is 28.7 Å². The van der Waals surface area contributed by atoms with Crippen LogP contribution in [-0.4, -0.2) is 56.8 Å². The van der Waals surface area contributed by atoms with E-state index in [2.05, 4.69) is 22.1 Å². The summed E-state index contributed by atoms with van der Waals surface area (Å²) in [6.45, 7) is 5.85. The second-order valence-corrected chi connectivity index (χ2v) is 9.22. The smallest absolute Gasteiger partial charge is 0.412 e. The van der Waals surface area contributed by atoms with Gasteiger partial charge in [0.05, 0.1) is 16.9 Å². The Kier molecular flexibility index (Phi) is 5.98. The van der Waals surface area contributed by atoms with Crippen LogP contribution in [-0.2, 0) is 9.53 Å². The third-order valence-corrected chi connectivity index (χ3v) is 5.30. The summed E-state index contributed by atoms with van der Waals surface area (Å²) in [5.74, 6) is 5.27. The third-order valence-electron chi connectivity index (χ3n) is 5.30. The molecule has 0 aliphatic carbocycles. The van der Waals surface area contributed by atoms with E-state index in [0.29, 0.717) is 34.5 Å². The summed E-state index contributed by atoms with van der Waals surface area (Å²) in [6, 6.07) is 12.7. The molecule has 8 nitrogen and oxygen atoms in total. The van der Waals surface area contributed by atoms with Gasteiger partial charge >= 0.3 is 6.09 Å². The number of carbonyl (C=O) groups excluding carboxylic acids is 2. The first kappa shape index (κ1) is 23.2. The fourth-order valence-electron chi connectivity index (χ4n) is 3.60. The number of ether oxygens (including phenoxy) is 1. The number of hydrogen-bond acceptors (Lipinski definition) is 6. The lowest BCUT2D eigenvalue weighted by Gasteiger charge is -2.20. The maximum Gasteiger partial charge on any atom is 0.412 e. The lowest BCUT2D eigenvalue weighted by atomic mass is 10.0. The number of rotatable bonds is 2. The fourth-order valence-corrected chi connectivity index (χ4v) is 3.60. The number of nitrogens with one attached hydrogen (secondary N) is 1. The summed E-state index contributed by atoms with van der Waals surface area (Å²) < 4.78 is 5.35. The summed E-state index contributed by atoms with van der Waals surface area (Å²) in [4.78, 5) is 35.0. The predicted octanol–water partition coefficient (Wildman–Crippen LogP) is 3.59. The monoisotopic (exact) mass is 458 g/mol. The van der Waals surface area contributed by atoms with Crippen molar-refractivity contribution < 1.29 is 19.4 Å². The van der Waals surface area contributed by atoms with Gasteiger partial charge in [-0.05, 0) is 51.1 Å². The van der Waals surface area contributed by atoms with Crippen LogP contribution in [0.25, 0.3) is 22.3 Å². The average Bonchev–Trinajstić information content (AvgIpc) is 3.04. The number of benzene rings is 1. The van der Waals surface area contributed by atoms with Crippen LogP contribution in [0.2, 0.25) is 0 Å². The highest BCUT2D eigenvalue weighted by atomic mass is 16.6. The van der Waals surface area contributed by atoms with Crippen LogP contribution in [0.1, 0.15) is 32.8 Å². The number of fused-ring (bicyclic) bond motifs is 1. The van der Waals surface area contributed by atoms with Crippen LogP contribution in [0.5, 0.6) is 0 Å². The molecule has 34 heavy (non-hydrogen) atoms. The Bertz CT molecular complexity index is 1340. The van der Waals surface area contributed by atoms with Crippen molar-refractivity contribution in [2.75, 3.05) is 18.9 Å². The molecule has 8 heteroatoms. The predicted molar refractivity (Wildman–Crippen MR) is 129 cm³/mol. The number of hydrogen-bond donors (Lipinski definition) is 2. The molecule has 0 saturated carbocycles. The number of carbonyl (C=O) groups is 2. The van der Waals surface area contributed by atoms with Gasteiger partial charge in [0.1, 0.15) is 11.1 Å². The number of amides is 2. The molecule has 0 bridgehead atoms. The molecular weight excluding hydrogens is 432 g/mol. The first-order chi connectivity index (χ1) is 16.0. The number of aliphatic hydroxyl groups is 1. The second-order valence-electron chi connectivity index (χ2n) is 9.22. The summed E-state index contributed by atoms with van der Waals surface area (Å²) >= 11 is 0. The molecular formula is C26H26N4O4. The van der Waals surface area contributed by atoms with Crippen molar-refractivity contribution in [1.82, 2.24) is 14.9 Å². The largest absolute Gasteiger partial charge is 0.444 e. The molecule has 1 saturated heterocycles. The van der Waals surface area contributed by atoms with E-state index in [1.54, 1.807) is 46.1 Å². The number of pyridine rings is 2. The molecule has 3 heterocycles. The van der Waals surface area contributed by atoms with E-state index in [0.717, 1.165) is 5.56 Å². The van der Waals surface area contributed by atoms with Gasteiger partial charge in [-0.1, -0.05) is 24.0 Å². The Labute approximate surface area is 198 Å². The van der Waals surface area contributed by atoms with Crippen LogP contribution < -0.4 is 5.32 Å². The van der Waals surface area contributed by atoms with Gasteiger partial charge in [-0.2, -0.15) is 0 Å². The Morgan fingerprint density at radius 2 is 2.03 bits per heavy atom. The van der Waals surface area contributed by atoms with Gasteiger partial charge in [-0.3, -0.25) is 15.1 Å². The zero-order valence-corrected chi connectivity index (χ0v) is 19.5. The van der Waals surface area contributed by atoms with E-state index in [1.807, 2.05) is 30.3 Å². The number of nitrogens with zero attached hydrogens (tertiary/aromatic N) is 3. The molecule has 4 rings (SSSR count). The van der Waals surface area contributed by atoms with Crippen molar-refractivity contribution in [3.63, 3.8) is 0 Å². The summed E-state index contributed by atoms with van der Waals surface area (Å²) in [5, 5.41) is 13.3. The van der Waals surface area contributed by atoms with Gasteiger partial charge < -0.3 is 14.7 Å². The summed E-state index contributed by atoms with van der Waals surface area (Å²) in [7, 11) is 1.65. The number of aromatic nitrogens is 2. The molecule has 2 N–H and O–H groups in total. The second kappa shape index (κ2) is 8.76. The van der Waals surface area contributed by atoms with Crippen LogP contribution in [0.3, 0.4) is 0 Å². The van der Waals surface area contributed by atoms with E-state index >= 15 is 0 Å². The molecule has 3 aromatic rings. The molecule has 174 valence electrons. The SMILES string of the molecule is CN1CCC(O)(C#Cc2cccc(-c3ccc4nccc(NC(=O)OC(C)(C)C)c4n3)c2)C1=O. The summed E-state index contributed by atoms with van der Waals surface area (Å²) in [5.41, 5.74) is 1.46. The van der Waals surface area contributed by atoms with Crippen LogP contribution in [0.15, 0.2) is 48.7 Å². The lowest BCUT2D eigenvalue weighted by molar-refractivity contribution is -0.137. The molecule has 1 unspecified atom stereocenters. The van der Waals surface area contributed by atoms with Crippen LogP contribution >= 0.6 is 0 Å². The van der Waals surface area contributed by atoms with Crippen molar-refractivity contribution in [2.45, 2.75) is 38.4 Å². The molecule has 1 fully saturated rings. The maximum atomic E-state index is 12.3. The molecule has 0 spiro atoms. The zero-order valence-electron chi connectivity index (χ0n) is 19.5. The normalized spacial score (nSPS) is 17.9. The lowest BCUT2D eigenvalue weighted by Crippen LogP contribution is -2.37. The first-order valence-electron chi connectivity index (χ1n) is 10.9. The van der Waals surface area contributed by atoms with Gasteiger partial charge in [-0.15, -0.1) is 0 Å². The molecule has 1 aliphatic rings. The van der Waals surface area contributed by atoms with Gasteiger partial charge in [0.25, 0.3) is 5.91 Å². The Morgan fingerprint density at radius 1 is 1.24 bits per heavy atom. The Morgan fingerprint density at radius 3 is 2.74 bits per heavy atom. The van der Waals surface area contributed by atoms with E-state index in [-0.39, 0.29) is 12.3 Å². The minimum absolute atomic E-state index is 0.279. The van der Waals surface area contributed by atoms with Gasteiger partial charge in [0.2, 0.25) is 5.60 Å². The van der Waals surface area contributed by atoms with Gasteiger partial charge in [-0.25, -0.2) is 9.78 Å². The van der Waals surface area contributed by atoms with Crippen molar-refractivity contribution in [1.29, 1.82) is 0 Å². The van der Waals surface area contributed by atoms with E-state index in [1.165, 1.54) is 4.90 Å². The fraction of sp³-hybridized carbons (Fsp3) is 0.308. The van der Waals surface area contributed by atoms with Gasteiger partial charge in [0.15, 0.2) is 0 Å². The standard InChI is InChI=1S/C26H26N4O4/c1-25(2,3)34-24(32)29-21-11-14-27-20-9-8-19(28-22(20)21)18-7-5-6-17(16-18)10-12-26(33)13-15-30(4)23(26)31/h5-9,11,14,16,33H,13,15H2,1-4H3,(H,27,29,32). The highest BCUT2D eigenvalue weighted by Gasteiger charge is 2.42.